The van der Waals surface area contributed by atoms with Crippen LogP contribution < -0.4 is 5.69 Å². The van der Waals surface area contributed by atoms with Gasteiger partial charge in [-0.2, -0.15) is 0 Å². The van der Waals surface area contributed by atoms with Gasteiger partial charge in [-0.15, -0.1) is 0 Å². The average molecular weight is 461 g/mol. The molecule has 168 valence electrons. The van der Waals surface area contributed by atoms with Crippen LogP contribution >= 0.6 is 0 Å². The molecule has 36 heavy (non-hydrogen) atoms. The number of rotatable bonds is 1. The standard InChI is InChI=1S/C33H20N2O/c36-33-34(31-16-8-6-14-28(31)32-19-21-9-1-7-15-30(21)35(32)33)22-17-18-27-25-12-3-2-10-23(25)24-11-4-5-13-26(24)29(27)20-22/h1-20H. The minimum absolute atomic E-state index is 0.0608. The highest BCUT2D eigenvalue weighted by Crippen LogP contribution is 2.36. The van der Waals surface area contributed by atoms with E-state index in [9.17, 15) is 4.79 Å². The lowest BCUT2D eigenvalue weighted by Gasteiger charge is -2.15. The lowest BCUT2D eigenvalue weighted by molar-refractivity contribution is 0.938. The maximum atomic E-state index is 14.2. The van der Waals surface area contributed by atoms with Crippen molar-refractivity contribution in [1.29, 1.82) is 0 Å². The summed E-state index contributed by atoms with van der Waals surface area (Å²) in [6, 6.07) is 41.9. The van der Waals surface area contributed by atoms with Crippen molar-refractivity contribution in [3.8, 4) is 5.69 Å². The van der Waals surface area contributed by atoms with Crippen molar-refractivity contribution >= 4 is 59.6 Å². The minimum atomic E-state index is -0.0608. The first-order valence-corrected chi connectivity index (χ1v) is 12.2. The van der Waals surface area contributed by atoms with E-state index < -0.39 is 0 Å². The third kappa shape index (κ3) is 2.49. The summed E-state index contributed by atoms with van der Waals surface area (Å²) in [5, 5.41) is 9.34. The monoisotopic (exact) mass is 460 g/mol. The van der Waals surface area contributed by atoms with Crippen LogP contribution in [0.1, 0.15) is 0 Å². The Kier molecular flexibility index (Phi) is 3.81. The Morgan fingerprint density at radius 1 is 0.417 bits per heavy atom. The van der Waals surface area contributed by atoms with E-state index in [1.807, 2.05) is 45.4 Å². The van der Waals surface area contributed by atoms with Gasteiger partial charge in [0.1, 0.15) is 0 Å². The second kappa shape index (κ2) is 7.06. The zero-order valence-electron chi connectivity index (χ0n) is 19.3. The second-order valence-corrected chi connectivity index (χ2v) is 9.38. The smallest absolute Gasteiger partial charge is 0.262 e. The summed E-state index contributed by atoms with van der Waals surface area (Å²) in [6.45, 7) is 0. The predicted molar refractivity (Wildman–Crippen MR) is 151 cm³/mol. The third-order valence-corrected chi connectivity index (χ3v) is 7.50. The molecule has 0 aliphatic heterocycles. The number of hydrogen-bond acceptors (Lipinski definition) is 1. The van der Waals surface area contributed by atoms with Crippen molar-refractivity contribution in [2.75, 3.05) is 0 Å². The fraction of sp³-hybridized carbons (Fsp3) is 0. The fourth-order valence-corrected chi connectivity index (χ4v) is 5.93. The number of fused-ring (bicyclic) bond motifs is 11. The van der Waals surface area contributed by atoms with Gasteiger partial charge in [-0.25, -0.2) is 4.79 Å². The number of aromatic nitrogens is 2. The quantitative estimate of drug-likeness (QED) is 0.229. The van der Waals surface area contributed by atoms with Crippen LogP contribution in [0.2, 0.25) is 0 Å². The lowest BCUT2D eigenvalue weighted by Crippen LogP contribution is -2.25. The Balaban J connectivity index is 1.56. The highest BCUT2D eigenvalue weighted by molar-refractivity contribution is 6.25. The molecule has 0 radical (unpaired) electrons. The number of para-hydroxylation sites is 2. The molecule has 8 rings (SSSR count). The normalized spacial score (nSPS) is 12.0. The van der Waals surface area contributed by atoms with Gasteiger partial charge in [0.25, 0.3) is 0 Å². The van der Waals surface area contributed by atoms with Gasteiger partial charge in [0.05, 0.1) is 22.2 Å². The van der Waals surface area contributed by atoms with Gasteiger partial charge in [-0.3, -0.25) is 8.97 Å². The molecule has 2 aromatic heterocycles. The minimum Gasteiger partial charge on any atom is -0.262 e. The van der Waals surface area contributed by atoms with Gasteiger partial charge in [0.2, 0.25) is 0 Å². The second-order valence-electron chi connectivity index (χ2n) is 9.38. The third-order valence-electron chi connectivity index (χ3n) is 7.50. The molecule has 0 atom stereocenters. The molecule has 0 saturated heterocycles. The number of hydrogen-bond donors (Lipinski definition) is 0. The van der Waals surface area contributed by atoms with Crippen LogP contribution in [0.25, 0.3) is 65.3 Å². The van der Waals surface area contributed by atoms with Crippen LogP contribution in [-0.2, 0) is 0 Å². The molecule has 0 bridgehead atoms. The van der Waals surface area contributed by atoms with Crippen molar-refractivity contribution in [2.24, 2.45) is 0 Å². The molecule has 2 heterocycles. The topological polar surface area (TPSA) is 26.4 Å². The van der Waals surface area contributed by atoms with Crippen molar-refractivity contribution in [3.63, 3.8) is 0 Å². The SMILES string of the molecule is O=c1n(-c2ccc3c4ccccc4c4ccccc4c3c2)c2ccccc2c2cc3ccccc3n12. The van der Waals surface area contributed by atoms with E-state index in [1.54, 1.807) is 0 Å². The van der Waals surface area contributed by atoms with Crippen molar-refractivity contribution in [1.82, 2.24) is 8.97 Å². The van der Waals surface area contributed by atoms with Gasteiger partial charge in [0.15, 0.2) is 0 Å². The van der Waals surface area contributed by atoms with Gasteiger partial charge in [-0.05, 0) is 62.6 Å². The maximum absolute atomic E-state index is 14.2. The van der Waals surface area contributed by atoms with E-state index in [1.165, 1.54) is 26.9 Å². The van der Waals surface area contributed by atoms with Crippen LogP contribution in [-0.4, -0.2) is 8.97 Å². The Labute approximate surface area is 206 Å². The van der Waals surface area contributed by atoms with Gasteiger partial charge < -0.3 is 0 Å². The van der Waals surface area contributed by atoms with Crippen LogP contribution in [0.15, 0.2) is 126 Å². The lowest BCUT2D eigenvalue weighted by atomic mass is 9.94. The van der Waals surface area contributed by atoms with Crippen molar-refractivity contribution in [3.05, 3.63) is 132 Å². The summed E-state index contributed by atoms with van der Waals surface area (Å²) in [5.74, 6) is 0. The molecular formula is C33H20N2O. The first-order valence-electron chi connectivity index (χ1n) is 12.2. The molecule has 0 saturated carbocycles. The van der Waals surface area contributed by atoms with E-state index >= 15 is 0 Å². The maximum Gasteiger partial charge on any atom is 0.338 e. The molecule has 0 fully saturated rings. The predicted octanol–water partition coefficient (Wildman–Crippen LogP) is 7.86. The molecule has 0 unspecified atom stereocenters. The number of benzene rings is 6. The molecule has 8 aromatic rings. The first kappa shape index (κ1) is 19.4. The Bertz CT molecular complexity index is 2200. The molecule has 0 spiro atoms. The fourth-order valence-electron chi connectivity index (χ4n) is 5.93. The largest absolute Gasteiger partial charge is 0.338 e. The Morgan fingerprint density at radius 2 is 0.944 bits per heavy atom. The average Bonchev–Trinajstić information content (AvgIpc) is 3.34. The van der Waals surface area contributed by atoms with Gasteiger partial charge in [-0.1, -0.05) is 91.0 Å². The summed E-state index contributed by atoms with van der Waals surface area (Å²) in [4.78, 5) is 14.2. The van der Waals surface area contributed by atoms with Crippen LogP contribution in [0.4, 0.5) is 0 Å². The van der Waals surface area contributed by atoms with E-state index in [0.717, 1.165) is 38.4 Å². The van der Waals surface area contributed by atoms with E-state index in [4.69, 9.17) is 0 Å². The molecular weight excluding hydrogens is 440 g/mol. The summed E-state index contributed by atoms with van der Waals surface area (Å²) in [6.07, 6.45) is 0. The van der Waals surface area contributed by atoms with Crippen LogP contribution in [0, 0.1) is 0 Å². The summed E-state index contributed by atoms with van der Waals surface area (Å²) < 4.78 is 3.71. The highest BCUT2D eigenvalue weighted by Gasteiger charge is 2.16. The van der Waals surface area contributed by atoms with Gasteiger partial charge >= 0.3 is 5.69 Å². The molecule has 0 amide bonds. The molecule has 3 nitrogen and oxygen atoms in total. The summed E-state index contributed by atoms with van der Waals surface area (Å²) in [5.41, 5.74) is 3.57. The van der Waals surface area contributed by atoms with E-state index in [2.05, 4.69) is 84.9 Å². The van der Waals surface area contributed by atoms with E-state index in [0.29, 0.717) is 0 Å². The molecule has 0 N–H and O–H groups in total. The highest BCUT2D eigenvalue weighted by atomic mass is 16.1. The van der Waals surface area contributed by atoms with Gasteiger partial charge in [0, 0.05) is 10.8 Å². The Hall–Kier alpha value is -4.89. The van der Waals surface area contributed by atoms with Crippen molar-refractivity contribution in [2.45, 2.75) is 0 Å². The van der Waals surface area contributed by atoms with Crippen LogP contribution in [0.5, 0.6) is 0 Å². The number of nitrogens with zero attached hydrogens (tertiary/aromatic N) is 2. The molecule has 3 heteroatoms. The van der Waals surface area contributed by atoms with E-state index in [-0.39, 0.29) is 5.69 Å². The summed E-state index contributed by atoms with van der Waals surface area (Å²) in [7, 11) is 0. The summed E-state index contributed by atoms with van der Waals surface area (Å²) >= 11 is 0. The molecule has 6 aromatic carbocycles. The van der Waals surface area contributed by atoms with Crippen LogP contribution in [0.3, 0.4) is 0 Å². The zero-order chi connectivity index (χ0) is 23.8. The van der Waals surface area contributed by atoms with Crippen molar-refractivity contribution < 1.29 is 0 Å². The Morgan fingerprint density at radius 3 is 1.64 bits per heavy atom. The first-order chi connectivity index (χ1) is 17.8. The molecule has 0 aliphatic rings. The molecule has 0 aliphatic carbocycles. The zero-order valence-corrected chi connectivity index (χ0v) is 19.3.